The minimum Gasteiger partial charge on any atom is -0.456 e. The summed E-state index contributed by atoms with van der Waals surface area (Å²) in [7, 11) is 0. The maximum Gasteiger partial charge on any atom is 0.137 e. The second-order valence-electron chi connectivity index (χ2n) is 5.53. The van der Waals surface area contributed by atoms with Gasteiger partial charge in [0.2, 0.25) is 0 Å². The summed E-state index contributed by atoms with van der Waals surface area (Å²) in [5, 5.41) is 4.54. The monoisotopic (exact) mass is 279 g/mol. The van der Waals surface area contributed by atoms with E-state index in [1.807, 2.05) is 0 Å². The smallest absolute Gasteiger partial charge is 0.137 e. The molecule has 0 saturated carbocycles. The predicted octanol–water partition coefficient (Wildman–Crippen LogP) is 4.83. The highest BCUT2D eigenvalue weighted by atomic mass is 16.3. The lowest BCUT2D eigenvalue weighted by molar-refractivity contribution is 0.628. The summed E-state index contributed by atoms with van der Waals surface area (Å²) in [6, 6.07) is 15.0. The van der Waals surface area contributed by atoms with Crippen LogP contribution in [-0.2, 0) is 6.54 Å². The molecule has 0 aliphatic carbocycles. The zero-order valence-electron chi connectivity index (χ0n) is 12.9. The molecule has 2 aromatic carbocycles. The van der Waals surface area contributed by atoms with Gasteiger partial charge in [0.05, 0.1) is 0 Å². The number of hydrogen-bond donors (Lipinski definition) is 1. The van der Waals surface area contributed by atoms with Crippen molar-refractivity contribution in [2.75, 3.05) is 6.54 Å². The summed E-state index contributed by atoms with van der Waals surface area (Å²) < 4.78 is 6.10. The molecule has 0 unspecified atom stereocenters. The average Bonchev–Trinajstić information content (AvgIpc) is 2.92. The van der Waals surface area contributed by atoms with Gasteiger partial charge in [-0.15, -0.1) is 0 Å². The summed E-state index contributed by atoms with van der Waals surface area (Å²) in [6.45, 7) is 8.21. The lowest BCUT2D eigenvalue weighted by Crippen LogP contribution is -2.11. The van der Waals surface area contributed by atoms with E-state index in [1.54, 1.807) is 0 Å². The first kappa shape index (κ1) is 13.9. The highest BCUT2D eigenvalue weighted by molar-refractivity contribution is 5.85. The molecule has 0 amide bonds. The predicted molar refractivity (Wildman–Crippen MR) is 88.5 cm³/mol. The van der Waals surface area contributed by atoms with Crippen LogP contribution in [0.1, 0.15) is 23.6 Å². The summed E-state index contributed by atoms with van der Waals surface area (Å²) in [5.74, 6) is 0.954. The van der Waals surface area contributed by atoms with Crippen LogP contribution in [0.25, 0.3) is 22.3 Å². The Morgan fingerprint density at radius 3 is 2.62 bits per heavy atom. The first-order chi connectivity index (χ1) is 10.2. The van der Waals surface area contributed by atoms with Crippen molar-refractivity contribution in [3.63, 3.8) is 0 Å². The second kappa shape index (κ2) is 5.74. The molecule has 108 valence electrons. The minimum atomic E-state index is 0.892. The number of para-hydroxylation sites is 1. The molecule has 1 aromatic heterocycles. The second-order valence-corrected chi connectivity index (χ2v) is 5.53. The summed E-state index contributed by atoms with van der Waals surface area (Å²) in [6.07, 6.45) is 0. The van der Waals surface area contributed by atoms with E-state index in [0.717, 1.165) is 24.4 Å². The van der Waals surface area contributed by atoms with Gasteiger partial charge in [0, 0.05) is 17.5 Å². The standard InChI is InChI=1S/C19H21NO/c1-4-20-12-15-9-8-13(2)17(10-15)18-11-16-7-5-6-14(3)19(16)21-18/h5-11,20H,4,12H2,1-3H3. The fraction of sp³-hybridized carbons (Fsp3) is 0.263. The van der Waals surface area contributed by atoms with Crippen molar-refractivity contribution in [1.29, 1.82) is 0 Å². The van der Waals surface area contributed by atoms with Crippen molar-refractivity contribution >= 4 is 11.0 Å². The topological polar surface area (TPSA) is 25.2 Å². The number of fused-ring (bicyclic) bond motifs is 1. The number of rotatable bonds is 4. The van der Waals surface area contributed by atoms with Gasteiger partial charge in [-0.3, -0.25) is 0 Å². The molecule has 0 radical (unpaired) electrons. The largest absolute Gasteiger partial charge is 0.456 e. The Kier molecular flexibility index (Phi) is 3.80. The van der Waals surface area contributed by atoms with E-state index in [2.05, 4.69) is 68.6 Å². The number of benzene rings is 2. The molecular weight excluding hydrogens is 258 g/mol. The maximum atomic E-state index is 6.10. The zero-order chi connectivity index (χ0) is 14.8. The van der Waals surface area contributed by atoms with Gasteiger partial charge >= 0.3 is 0 Å². The lowest BCUT2D eigenvalue weighted by atomic mass is 10.0. The van der Waals surface area contributed by atoms with Gasteiger partial charge in [-0.1, -0.05) is 37.3 Å². The van der Waals surface area contributed by atoms with E-state index >= 15 is 0 Å². The Morgan fingerprint density at radius 2 is 1.86 bits per heavy atom. The molecular formula is C19H21NO. The molecule has 1 N–H and O–H groups in total. The van der Waals surface area contributed by atoms with Crippen molar-refractivity contribution in [2.24, 2.45) is 0 Å². The van der Waals surface area contributed by atoms with Crippen LogP contribution in [0.15, 0.2) is 46.9 Å². The van der Waals surface area contributed by atoms with Gasteiger partial charge in [-0.05, 0) is 49.2 Å². The van der Waals surface area contributed by atoms with Crippen LogP contribution in [-0.4, -0.2) is 6.54 Å². The van der Waals surface area contributed by atoms with Crippen LogP contribution in [0.4, 0.5) is 0 Å². The van der Waals surface area contributed by atoms with Crippen LogP contribution in [0.2, 0.25) is 0 Å². The van der Waals surface area contributed by atoms with Crippen LogP contribution < -0.4 is 5.32 Å². The van der Waals surface area contributed by atoms with Crippen LogP contribution in [0.5, 0.6) is 0 Å². The molecule has 0 spiro atoms. The Hall–Kier alpha value is -2.06. The molecule has 21 heavy (non-hydrogen) atoms. The van der Waals surface area contributed by atoms with Crippen LogP contribution in [0.3, 0.4) is 0 Å². The van der Waals surface area contributed by atoms with Gasteiger partial charge in [0.25, 0.3) is 0 Å². The molecule has 2 nitrogen and oxygen atoms in total. The SMILES string of the molecule is CCNCc1ccc(C)c(-c2cc3cccc(C)c3o2)c1. The highest BCUT2D eigenvalue weighted by Gasteiger charge is 2.10. The highest BCUT2D eigenvalue weighted by Crippen LogP contribution is 2.32. The third-order valence-electron chi connectivity index (χ3n) is 3.89. The van der Waals surface area contributed by atoms with Gasteiger partial charge in [-0.2, -0.15) is 0 Å². The molecule has 1 heterocycles. The number of furan rings is 1. The first-order valence-corrected chi connectivity index (χ1v) is 7.49. The summed E-state index contributed by atoms with van der Waals surface area (Å²) in [4.78, 5) is 0. The Morgan fingerprint density at radius 1 is 1.00 bits per heavy atom. The van der Waals surface area contributed by atoms with E-state index in [9.17, 15) is 0 Å². The quantitative estimate of drug-likeness (QED) is 0.740. The molecule has 2 heteroatoms. The van der Waals surface area contributed by atoms with E-state index in [-0.39, 0.29) is 0 Å². The molecule has 0 aliphatic rings. The Balaban J connectivity index is 2.06. The van der Waals surface area contributed by atoms with E-state index in [4.69, 9.17) is 4.42 Å². The van der Waals surface area contributed by atoms with Crippen molar-refractivity contribution < 1.29 is 4.42 Å². The fourth-order valence-electron chi connectivity index (χ4n) is 2.66. The van der Waals surface area contributed by atoms with Crippen LogP contribution >= 0.6 is 0 Å². The minimum absolute atomic E-state index is 0.892. The summed E-state index contributed by atoms with van der Waals surface area (Å²) >= 11 is 0. The molecule has 0 saturated heterocycles. The molecule has 3 aromatic rings. The first-order valence-electron chi connectivity index (χ1n) is 7.49. The van der Waals surface area contributed by atoms with Gasteiger partial charge in [0.15, 0.2) is 0 Å². The molecule has 0 atom stereocenters. The van der Waals surface area contributed by atoms with Crippen molar-refractivity contribution in [1.82, 2.24) is 5.32 Å². The van der Waals surface area contributed by atoms with Gasteiger partial charge in [-0.25, -0.2) is 0 Å². The molecule has 0 aliphatic heterocycles. The number of aryl methyl sites for hydroxylation is 2. The number of hydrogen-bond acceptors (Lipinski definition) is 2. The van der Waals surface area contributed by atoms with E-state index < -0.39 is 0 Å². The van der Waals surface area contributed by atoms with Gasteiger partial charge < -0.3 is 9.73 Å². The maximum absolute atomic E-state index is 6.10. The molecule has 3 rings (SSSR count). The van der Waals surface area contributed by atoms with Crippen molar-refractivity contribution in [2.45, 2.75) is 27.3 Å². The third kappa shape index (κ3) is 2.72. The normalized spacial score (nSPS) is 11.2. The van der Waals surface area contributed by atoms with Gasteiger partial charge in [0.1, 0.15) is 11.3 Å². The summed E-state index contributed by atoms with van der Waals surface area (Å²) in [5.41, 5.74) is 5.88. The molecule has 0 bridgehead atoms. The lowest BCUT2D eigenvalue weighted by Gasteiger charge is -2.07. The van der Waals surface area contributed by atoms with Crippen molar-refractivity contribution in [3.8, 4) is 11.3 Å². The van der Waals surface area contributed by atoms with E-state index in [1.165, 1.54) is 27.6 Å². The Bertz CT molecular complexity index is 770. The molecule has 0 fully saturated rings. The van der Waals surface area contributed by atoms with Crippen LogP contribution in [0, 0.1) is 13.8 Å². The zero-order valence-corrected chi connectivity index (χ0v) is 12.9. The third-order valence-corrected chi connectivity index (χ3v) is 3.89. The Labute approximate surface area is 125 Å². The average molecular weight is 279 g/mol. The van der Waals surface area contributed by atoms with Crippen molar-refractivity contribution in [3.05, 3.63) is 59.2 Å². The van der Waals surface area contributed by atoms with E-state index in [0.29, 0.717) is 0 Å². The number of nitrogens with one attached hydrogen (secondary N) is 1. The fourth-order valence-corrected chi connectivity index (χ4v) is 2.66.